The van der Waals surface area contributed by atoms with Gasteiger partial charge in [-0.25, -0.2) is 8.42 Å². The van der Waals surface area contributed by atoms with Crippen LogP contribution in [0.5, 0.6) is 0 Å². The molecule has 2 N–H and O–H groups in total. The highest BCUT2D eigenvalue weighted by Gasteiger charge is 2.29. The molecule has 6 heteroatoms. The highest BCUT2D eigenvalue weighted by atomic mass is 35.5. The molecule has 1 aliphatic rings. The average Bonchev–Trinajstić information content (AvgIpc) is 2.29. The molecule has 1 aliphatic heterocycles. The van der Waals surface area contributed by atoms with E-state index >= 15 is 0 Å². The molecule has 0 aliphatic carbocycles. The standard InChI is InChI=1S/C12H15ClN2O2S/c1-9-5-7-15(8-6-9)18(16,17)12-10(13)3-2-4-11(12)14/h2-5H,6-8,14H2,1H3. The molecule has 98 valence electrons. The molecule has 1 aromatic carbocycles. The van der Waals surface area contributed by atoms with Crippen molar-refractivity contribution in [3.8, 4) is 0 Å². The van der Waals surface area contributed by atoms with Gasteiger partial charge in [0.15, 0.2) is 0 Å². The predicted molar refractivity (Wildman–Crippen MR) is 73.0 cm³/mol. The summed E-state index contributed by atoms with van der Waals surface area (Å²) in [6.45, 7) is 2.84. The first kappa shape index (κ1) is 13.4. The predicted octanol–water partition coefficient (Wildman–Crippen LogP) is 2.26. The fourth-order valence-electron chi connectivity index (χ4n) is 1.90. The van der Waals surface area contributed by atoms with Crippen molar-refractivity contribution in [1.82, 2.24) is 4.31 Å². The van der Waals surface area contributed by atoms with Gasteiger partial charge < -0.3 is 5.73 Å². The first-order chi connectivity index (χ1) is 8.43. The molecule has 0 amide bonds. The zero-order valence-corrected chi connectivity index (χ0v) is 11.6. The van der Waals surface area contributed by atoms with Crippen LogP contribution in [0.25, 0.3) is 0 Å². The highest BCUT2D eigenvalue weighted by molar-refractivity contribution is 7.89. The maximum atomic E-state index is 12.5. The summed E-state index contributed by atoms with van der Waals surface area (Å²) in [5.41, 5.74) is 7.13. The topological polar surface area (TPSA) is 63.4 Å². The summed E-state index contributed by atoms with van der Waals surface area (Å²) in [5, 5.41) is 0.168. The number of nitrogen functional groups attached to an aromatic ring is 1. The van der Waals surface area contributed by atoms with Crippen LogP contribution in [0.4, 0.5) is 5.69 Å². The maximum absolute atomic E-state index is 12.5. The normalized spacial score (nSPS) is 17.6. The third-order valence-electron chi connectivity index (χ3n) is 2.99. The lowest BCUT2D eigenvalue weighted by Gasteiger charge is -2.25. The molecule has 0 unspecified atom stereocenters. The number of halogens is 1. The van der Waals surface area contributed by atoms with Gasteiger partial charge in [0.1, 0.15) is 4.90 Å². The Hall–Kier alpha value is -1.04. The van der Waals surface area contributed by atoms with Gasteiger partial charge >= 0.3 is 0 Å². The van der Waals surface area contributed by atoms with Crippen LogP contribution >= 0.6 is 11.6 Å². The number of nitrogens with two attached hydrogens (primary N) is 1. The summed E-state index contributed by atoms with van der Waals surface area (Å²) in [6.07, 6.45) is 2.65. The van der Waals surface area contributed by atoms with Crippen LogP contribution in [0, 0.1) is 0 Å². The lowest BCUT2D eigenvalue weighted by molar-refractivity contribution is 0.431. The molecule has 0 aromatic heterocycles. The Balaban J connectivity index is 2.43. The van der Waals surface area contributed by atoms with Gasteiger partial charge in [-0.2, -0.15) is 4.31 Å². The minimum absolute atomic E-state index is 0.0135. The quantitative estimate of drug-likeness (QED) is 0.670. The van der Waals surface area contributed by atoms with E-state index in [-0.39, 0.29) is 15.6 Å². The van der Waals surface area contributed by atoms with Crippen LogP contribution in [0.2, 0.25) is 5.02 Å². The number of rotatable bonds is 2. The van der Waals surface area contributed by atoms with Crippen molar-refractivity contribution in [2.75, 3.05) is 18.8 Å². The van der Waals surface area contributed by atoms with E-state index < -0.39 is 10.0 Å². The molecule has 1 aromatic rings. The van der Waals surface area contributed by atoms with Crippen LogP contribution < -0.4 is 5.73 Å². The van der Waals surface area contributed by atoms with E-state index in [4.69, 9.17) is 17.3 Å². The minimum Gasteiger partial charge on any atom is -0.398 e. The number of sulfonamides is 1. The van der Waals surface area contributed by atoms with E-state index in [1.807, 2.05) is 13.0 Å². The summed E-state index contributed by atoms with van der Waals surface area (Å²) < 4.78 is 26.3. The van der Waals surface area contributed by atoms with Gasteiger partial charge in [0.25, 0.3) is 0 Å². The fourth-order valence-corrected chi connectivity index (χ4v) is 3.91. The van der Waals surface area contributed by atoms with Gasteiger partial charge in [0, 0.05) is 13.1 Å². The monoisotopic (exact) mass is 286 g/mol. The summed E-state index contributed by atoms with van der Waals surface area (Å²) in [6, 6.07) is 4.72. The molecule has 0 bridgehead atoms. The highest BCUT2D eigenvalue weighted by Crippen LogP contribution is 2.30. The Morgan fingerprint density at radius 2 is 2.11 bits per heavy atom. The van der Waals surface area contributed by atoms with Crippen molar-refractivity contribution in [2.45, 2.75) is 18.2 Å². The fraction of sp³-hybridized carbons (Fsp3) is 0.333. The Morgan fingerprint density at radius 3 is 2.67 bits per heavy atom. The number of anilines is 1. The number of nitrogens with zero attached hydrogens (tertiary/aromatic N) is 1. The molecule has 18 heavy (non-hydrogen) atoms. The lowest BCUT2D eigenvalue weighted by atomic mass is 10.1. The Morgan fingerprint density at radius 1 is 1.39 bits per heavy atom. The summed E-state index contributed by atoms with van der Waals surface area (Å²) in [5.74, 6) is 0. The second-order valence-electron chi connectivity index (χ2n) is 4.32. The molecule has 0 fully saturated rings. The van der Waals surface area contributed by atoms with Crippen molar-refractivity contribution < 1.29 is 8.42 Å². The zero-order valence-electron chi connectivity index (χ0n) is 10.1. The third-order valence-corrected chi connectivity index (χ3v) is 5.40. The van der Waals surface area contributed by atoms with Crippen LogP contribution in [-0.4, -0.2) is 25.8 Å². The summed E-state index contributed by atoms with van der Waals surface area (Å²) in [7, 11) is -3.61. The Kier molecular flexibility index (Phi) is 3.66. The SMILES string of the molecule is CC1=CCN(S(=O)(=O)c2c(N)cccc2Cl)CC1. The van der Waals surface area contributed by atoms with Crippen molar-refractivity contribution in [2.24, 2.45) is 0 Å². The van der Waals surface area contributed by atoms with E-state index in [1.165, 1.54) is 15.9 Å². The summed E-state index contributed by atoms with van der Waals surface area (Å²) >= 11 is 5.96. The Bertz CT molecular complexity index is 576. The van der Waals surface area contributed by atoms with Crippen LogP contribution in [0.15, 0.2) is 34.7 Å². The van der Waals surface area contributed by atoms with Crippen molar-refractivity contribution in [3.05, 3.63) is 34.9 Å². The zero-order chi connectivity index (χ0) is 13.3. The smallest absolute Gasteiger partial charge is 0.246 e. The molecule has 2 rings (SSSR count). The molecule has 0 atom stereocenters. The number of hydrogen-bond donors (Lipinski definition) is 1. The van der Waals surface area contributed by atoms with Crippen molar-refractivity contribution >= 4 is 27.3 Å². The first-order valence-electron chi connectivity index (χ1n) is 5.62. The second kappa shape index (κ2) is 4.91. The van der Waals surface area contributed by atoms with Gasteiger partial charge in [-0.3, -0.25) is 0 Å². The van der Waals surface area contributed by atoms with Gasteiger partial charge in [0.2, 0.25) is 10.0 Å². The average molecular weight is 287 g/mol. The van der Waals surface area contributed by atoms with E-state index in [0.717, 1.165) is 6.42 Å². The summed E-state index contributed by atoms with van der Waals surface area (Å²) in [4.78, 5) is 0.0135. The molecule has 0 saturated carbocycles. The van der Waals surface area contributed by atoms with Crippen LogP contribution in [0.3, 0.4) is 0 Å². The number of hydrogen-bond acceptors (Lipinski definition) is 3. The van der Waals surface area contributed by atoms with Crippen LogP contribution in [-0.2, 0) is 10.0 Å². The largest absolute Gasteiger partial charge is 0.398 e. The molecule has 1 heterocycles. The molecule has 4 nitrogen and oxygen atoms in total. The first-order valence-corrected chi connectivity index (χ1v) is 7.44. The van der Waals surface area contributed by atoms with Crippen LogP contribution in [0.1, 0.15) is 13.3 Å². The second-order valence-corrected chi connectivity index (χ2v) is 6.60. The third kappa shape index (κ3) is 2.39. The molecular formula is C12H15ClN2O2S. The van der Waals surface area contributed by atoms with Gasteiger partial charge in [-0.15, -0.1) is 0 Å². The minimum atomic E-state index is -3.61. The molecule has 0 spiro atoms. The Labute approximate surface area is 112 Å². The van der Waals surface area contributed by atoms with Gasteiger partial charge in [-0.05, 0) is 25.5 Å². The maximum Gasteiger partial charge on any atom is 0.246 e. The van der Waals surface area contributed by atoms with Crippen molar-refractivity contribution in [1.29, 1.82) is 0 Å². The number of benzene rings is 1. The molecule has 0 saturated heterocycles. The molecular weight excluding hydrogens is 272 g/mol. The van der Waals surface area contributed by atoms with Crippen molar-refractivity contribution in [3.63, 3.8) is 0 Å². The molecule has 0 radical (unpaired) electrons. The van der Waals surface area contributed by atoms with E-state index in [2.05, 4.69) is 0 Å². The van der Waals surface area contributed by atoms with E-state index in [9.17, 15) is 8.42 Å². The van der Waals surface area contributed by atoms with Gasteiger partial charge in [-0.1, -0.05) is 29.3 Å². The van der Waals surface area contributed by atoms with E-state index in [1.54, 1.807) is 12.1 Å². The lowest BCUT2D eigenvalue weighted by Crippen LogP contribution is -2.35. The van der Waals surface area contributed by atoms with Gasteiger partial charge in [0.05, 0.1) is 10.7 Å². The van der Waals surface area contributed by atoms with E-state index in [0.29, 0.717) is 13.1 Å².